The molecule has 19 nitrogen and oxygen atoms in total. The first kappa shape index (κ1) is 53.2. The Morgan fingerprint density at radius 1 is 0.824 bits per heavy atom. The molecule has 1 spiro atoms. The van der Waals surface area contributed by atoms with Crippen molar-refractivity contribution in [1.29, 1.82) is 0 Å². The minimum atomic E-state index is -2.37. The highest BCUT2D eigenvalue weighted by Crippen LogP contribution is 2.74. The van der Waals surface area contributed by atoms with Crippen molar-refractivity contribution in [2.45, 2.75) is 135 Å². The number of ketones is 1. The van der Waals surface area contributed by atoms with Crippen molar-refractivity contribution in [2.24, 2.45) is 22.7 Å². The van der Waals surface area contributed by atoms with E-state index in [4.69, 9.17) is 37.9 Å². The number of nitrogens with one attached hydrogen (secondary N) is 2. The molecule has 8 rings (SSSR count). The van der Waals surface area contributed by atoms with Crippen LogP contribution >= 0.6 is 0 Å². The molecule has 0 radical (unpaired) electrons. The zero-order valence-corrected chi connectivity index (χ0v) is 42.5. The van der Waals surface area contributed by atoms with Crippen molar-refractivity contribution < 1.29 is 81.4 Å². The lowest BCUT2D eigenvalue weighted by Crippen LogP contribution is -2.78. The van der Waals surface area contributed by atoms with Crippen LogP contribution < -0.4 is 10.6 Å². The number of ether oxygens (including phenoxy) is 8. The summed E-state index contributed by atoms with van der Waals surface area (Å²) in [4.78, 5) is 112. The molecule has 1 aliphatic heterocycles. The van der Waals surface area contributed by atoms with E-state index in [1.807, 2.05) is 0 Å². The van der Waals surface area contributed by atoms with Crippen LogP contribution in [0.3, 0.4) is 0 Å². The van der Waals surface area contributed by atoms with E-state index in [1.54, 1.807) is 120 Å². The van der Waals surface area contributed by atoms with E-state index >= 15 is 9.59 Å². The highest BCUT2D eigenvalue weighted by molar-refractivity contribution is 5.98. The second-order valence-electron chi connectivity index (χ2n) is 21.2. The third-order valence-electron chi connectivity index (χ3n) is 15.0. The van der Waals surface area contributed by atoms with E-state index < -0.39 is 137 Å². The van der Waals surface area contributed by atoms with Crippen LogP contribution in [0.1, 0.15) is 102 Å². The fourth-order valence-corrected chi connectivity index (χ4v) is 11.6. The predicted octanol–water partition coefficient (Wildman–Crippen LogP) is 5.95. The summed E-state index contributed by atoms with van der Waals surface area (Å²) in [5.41, 5.74) is -6.93. The molecule has 2 bridgehead atoms. The molecule has 0 unspecified atom stereocenters. The maximum Gasteiger partial charge on any atom is 0.408 e. The summed E-state index contributed by atoms with van der Waals surface area (Å²) >= 11 is 0. The van der Waals surface area contributed by atoms with E-state index in [2.05, 4.69) is 10.6 Å². The van der Waals surface area contributed by atoms with Gasteiger partial charge in [-0.2, -0.15) is 0 Å². The number of hydrogen-bond donors (Lipinski definition) is 3. The Kier molecular flexibility index (Phi) is 14.6. The molecule has 394 valence electrons. The topological polar surface area (TPSA) is 255 Å². The Labute approximate surface area is 427 Å². The van der Waals surface area contributed by atoms with Crippen LogP contribution in [0, 0.1) is 22.7 Å². The number of carbonyl (C=O) groups is 8. The molecule has 11 atom stereocenters. The van der Waals surface area contributed by atoms with Crippen molar-refractivity contribution in [3.63, 3.8) is 0 Å². The summed E-state index contributed by atoms with van der Waals surface area (Å²) in [6.07, 6.45) is -9.91. The third-order valence-corrected chi connectivity index (χ3v) is 15.0. The van der Waals surface area contributed by atoms with Crippen LogP contribution in [0.15, 0.2) is 102 Å². The van der Waals surface area contributed by atoms with Gasteiger partial charge in [0, 0.05) is 31.1 Å². The van der Waals surface area contributed by atoms with Gasteiger partial charge in [0.2, 0.25) is 6.10 Å². The van der Waals surface area contributed by atoms with Crippen molar-refractivity contribution >= 4 is 47.8 Å². The van der Waals surface area contributed by atoms with Gasteiger partial charge in [-0.15, -0.1) is 0 Å². The first-order chi connectivity index (χ1) is 34.9. The number of amides is 2. The molecular formula is C55H62N2O17. The van der Waals surface area contributed by atoms with Crippen LogP contribution in [0.5, 0.6) is 0 Å². The maximum atomic E-state index is 15.7. The summed E-state index contributed by atoms with van der Waals surface area (Å²) in [5.74, 6) is -7.24. The number of fused-ring (bicyclic) bond motifs is 4. The van der Waals surface area contributed by atoms with Gasteiger partial charge in [0.1, 0.15) is 48.7 Å². The second kappa shape index (κ2) is 20.3. The molecule has 4 fully saturated rings. The summed E-state index contributed by atoms with van der Waals surface area (Å²) in [6.45, 7) is 10.7. The number of alkyl carbamates (subject to hydrolysis) is 2. The van der Waals surface area contributed by atoms with Crippen molar-refractivity contribution in [1.82, 2.24) is 10.6 Å². The van der Waals surface area contributed by atoms with E-state index in [-0.39, 0.29) is 48.3 Å². The molecule has 3 saturated carbocycles. The maximum absolute atomic E-state index is 15.7. The smallest absolute Gasteiger partial charge is 0.408 e. The van der Waals surface area contributed by atoms with Gasteiger partial charge in [-0.25, -0.2) is 19.2 Å². The largest absolute Gasteiger partial charge is 0.455 e. The number of rotatable bonds is 14. The van der Waals surface area contributed by atoms with Gasteiger partial charge in [0.15, 0.2) is 17.5 Å². The predicted molar refractivity (Wildman–Crippen MR) is 258 cm³/mol. The molecule has 0 aromatic heterocycles. The lowest BCUT2D eigenvalue weighted by molar-refractivity contribution is -0.323. The lowest BCUT2D eigenvalue weighted by Gasteiger charge is -2.64. The third kappa shape index (κ3) is 10.1. The molecule has 74 heavy (non-hydrogen) atoms. The number of Topliss-reactive ketones (excluding diaryl/α,β-unsaturated/α-hetero) is 1. The fourth-order valence-electron chi connectivity index (χ4n) is 11.6. The summed E-state index contributed by atoms with van der Waals surface area (Å²) in [6, 6.07) is 23.2. The first-order valence-electron chi connectivity index (χ1n) is 24.5. The van der Waals surface area contributed by atoms with Gasteiger partial charge in [0.25, 0.3) is 0 Å². The van der Waals surface area contributed by atoms with Gasteiger partial charge in [-0.1, -0.05) is 92.7 Å². The monoisotopic (exact) mass is 1020 g/mol. The standard InChI is InChI=1S/C55H62N2O17/c1-30-37(70-48(63)43(41(34-20-14-10-15-21-34)57-50(65)74-51(4,5)6)71-39(60)27-56-49(64)67-28-33-18-12-9-13-19-33)26-55(66)46(72-47(62)35-22-16-11-17-23-35)44-53(45(61)42(69-31(2)58)40(30)52(55,7)8)25-36(53)24-38-54(44,29-68-38)73-32(3)59/h9-23,36-38,41-44,46,66H,24-29H2,1-8H3,(H,56,64)(H,57,65)/t36-,37+,38-,41+,42-,43-,44+,46+,53-,54+,55-/m1/s1. The normalized spacial score (nSPS) is 29.0. The lowest BCUT2D eigenvalue weighted by atomic mass is 9.48. The molecule has 1 heterocycles. The molecule has 1 saturated heterocycles. The molecule has 3 aromatic rings. The van der Waals surface area contributed by atoms with Crippen LogP contribution in [0.25, 0.3) is 0 Å². The Morgan fingerprint density at radius 3 is 2.05 bits per heavy atom. The molecule has 2 amide bonds. The Hall–Kier alpha value is -7.12. The molecule has 4 aliphatic carbocycles. The zero-order valence-electron chi connectivity index (χ0n) is 42.5. The van der Waals surface area contributed by atoms with E-state index in [0.29, 0.717) is 5.56 Å². The highest BCUT2D eigenvalue weighted by Gasteiger charge is 2.84. The van der Waals surface area contributed by atoms with Gasteiger partial charge in [-0.05, 0) is 80.9 Å². The van der Waals surface area contributed by atoms with Crippen LogP contribution in [0.4, 0.5) is 9.59 Å². The summed E-state index contributed by atoms with van der Waals surface area (Å²) < 4.78 is 47.8. The summed E-state index contributed by atoms with van der Waals surface area (Å²) in [7, 11) is 0. The zero-order chi connectivity index (χ0) is 53.5. The number of aliphatic hydroxyl groups is 1. The molecule has 5 aliphatic rings. The SMILES string of the molecule is CC(=O)O[C@H]1C(=O)[C@]23C[C@H]2C[C@H]2OC[C@@]2(OC(C)=O)[C@H]3[C@H](OC(=O)c2ccccc2)[C@]2(O)C[C@H](OC(=O)[C@H](OC(=O)CNC(=O)OCc3ccccc3)[C@@H](NC(=O)OC(C)(C)C)c3ccccc3)C(C)=C1C2(C)C. The molecule has 19 heteroatoms. The Morgan fingerprint density at radius 2 is 1.46 bits per heavy atom. The van der Waals surface area contributed by atoms with Crippen molar-refractivity contribution in [2.75, 3.05) is 13.2 Å². The average molecular weight is 1020 g/mol. The quantitative estimate of drug-likeness (QED) is 0.0958. The van der Waals surface area contributed by atoms with Crippen LogP contribution in [0.2, 0.25) is 0 Å². The minimum Gasteiger partial charge on any atom is -0.455 e. The molecule has 3 aromatic carbocycles. The van der Waals surface area contributed by atoms with Gasteiger partial charge in [0.05, 0.1) is 18.1 Å². The Balaban J connectivity index is 1.22. The van der Waals surface area contributed by atoms with Crippen molar-refractivity contribution in [3.05, 3.63) is 119 Å². The number of benzene rings is 3. The number of carbonyl (C=O) groups excluding carboxylic acids is 8. The second-order valence-corrected chi connectivity index (χ2v) is 21.2. The molecular weight excluding hydrogens is 961 g/mol. The molecule has 3 N–H and O–H groups in total. The van der Waals surface area contributed by atoms with E-state index in [0.717, 1.165) is 6.92 Å². The average Bonchev–Trinajstić information content (AvgIpc) is 4.07. The fraction of sp³-hybridized carbons (Fsp3) is 0.491. The highest BCUT2D eigenvalue weighted by atomic mass is 16.6. The van der Waals surface area contributed by atoms with Crippen molar-refractivity contribution in [3.8, 4) is 0 Å². The summed E-state index contributed by atoms with van der Waals surface area (Å²) in [5, 5.41) is 18.9. The Bertz CT molecular complexity index is 2720. The first-order valence-corrected chi connectivity index (χ1v) is 24.5. The van der Waals surface area contributed by atoms with E-state index in [9.17, 15) is 33.9 Å². The van der Waals surface area contributed by atoms with Gasteiger partial charge >= 0.3 is 42.0 Å². The van der Waals surface area contributed by atoms with Crippen LogP contribution in [-0.2, 0) is 68.5 Å². The number of hydrogen-bond acceptors (Lipinski definition) is 17. The van der Waals surface area contributed by atoms with Gasteiger partial charge < -0.3 is 53.6 Å². The number of esters is 5. The van der Waals surface area contributed by atoms with Gasteiger partial charge in [-0.3, -0.25) is 19.2 Å². The van der Waals surface area contributed by atoms with E-state index in [1.165, 1.54) is 19.1 Å². The minimum absolute atomic E-state index is 0.0512. The van der Waals surface area contributed by atoms with Crippen LogP contribution in [-0.4, -0.2) is 113 Å².